The fraction of sp³-hybridized carbons (Fsp3) is 1.00. The average Bonchev–Trinajstić information content (AvgIpc) is 2.88. The second kappa shape index (κ2) is 24.1. The van der Waals surface area contributed by atoms with Gasteiger partial charge in [-0.15, -0.1) is 0 Å². The lowest BCUT2D eigenvalue weighted by Gasteiger charge is -2.57. The highest BCUT2D eigenvalue weighted by molar-refractivity contribution is 5.00. The molecule has 0 nitrogen and oxygen atoms in total. The third-order valence-electron chi connectivity index (χ3n) is 9.88. The molecule has 1 aliphatic rings. The summed E-state index contributed by atoms with van der Waals surface area (Å²) in [5.41, 5.74) is 0.742. The Balaban J connectivity index is 2.62. The summed E-state index contributed by atoms with van der Waals surface area (Å²) in [6.45, 7) is 9.38. The SMILES string of the molecule is CCCCCCCCC1CC(CCCCCCCC)(CCCCCCCC)C1CCCCCCCC. The molecule has 0 aromatic rings. The molecule has 0 aromatic carbocycles. The Hall–Kier alpha value is 0. The van der Waals surface area contributed by atoms with E-state index in [9.17, 15) is 0 Å². The van der Waals surface area contributed by atoms with Crippen LogP contribution in [-0.2, 0) is 0 Å². The zero-order valence-electron chi connectivity index (χ0n) is 26.2. The van der Waals surface area contributed by atoms with Crippen LogP contribution < -0.4 is 0 Å². The van der Waals surface area contributed by atoms with Gasteiger partial charge < -0.3 is 0 Å². The van der Waals surface area contributed by atoms with Crippen molar-refractivity contribution in [2.75, 3.05) is 0 Å². The first-order valence-corrected chi connectivity index (χ1v) is 17.7. The van der Waals surface area contributed by atoms with E-state index in [1.54, 1.807) is 32.1 Å². The minimum Gasteiger partial charge on any atom is -0.0654 e. The van der Waals surface area contributed by atoms with E-state index in [4.69, 9.17) is 0 Å². The molecule has 0 N–H and O–H groups in total. The molecular weight excluding hydrogens is 432 g/mol. The Morgan fingerprint density at radius 2 is 0.722 bits per heavy atom. The molecule has 216 valence electrons. The lowest BCUT2D eigenvalue weighted by atomic mass is 9.48. The highest BCUT2D eigenvalue weighted by atomic mass is 14.6. The topological polar surface area (TPSA) is 0 Å². The van der Waals surface area contributed by atoms with Crippen molar-refractivity contribution < 1.29 is 0 Å². The first-order valence-electron chi connectivity index (χ1n) is 17.7. The number of unbranched alkanes of at least 4 members (excludes halogenated alkanes) is 20. The summed E-state index contributed by atoms with van der Waals surface area (Å²) >= 11 is 0. The summed E-state index contributed by atoms with van der Waals surface area (Å²) in [5, 5.41) is 0. The van der Waals surface area contributed by atoms with Gasteiger partial charge in [-0.3, -0.25) is 0 Å². The molecule has 1 aliphatic carbocycles. The Morgan fingerprint density at radius 1 is 0.389 bits per heavy atom. The molecule has 0 heterocycles. The Kier molecular flexibility index (Phi) is 22.8. The van der Waals surface area contributed by atoms with Crippen molar-refractivity contribution in [3.63, 3.8) is 0 Å². The summed E-state index contributed by atoms with van der Waals surface area (Å²) in [4.78, 5) is 0. The number of rotatable bonds is 28. The molecule has 0 spiro atoms. The van der Waals surface area contributed by atoms with Crippen LogP contribution >= 0.6 is 0 Å². The molecule has 0 saturated heterocycles. The predicted octanol–water partition coefficient (Wildman–Crippen LogP) is 13.6. The largest absolute Gasteiger partial charge is 0.0654 e. The molecule has 1 fully saturated rings. The third kappa shape index (κ3) is 15.4. The van der Waals surface area contributed by atoms with Gasteiger partial charge in [-0.25, -0.2) is 0 Å². The van der Waals surface area contributed by atoms with Gasteiger partial charge in [0.25, 0.3) is 0 Å². The van der Waals surface area contributed by atoms with Crippen LogP contribution in [0.3, 0.4) is 0 Å². The van der Waals surface area contributed by atoms with E-state index in [-0.39, 0.29) is 0 Å². The Labute approximate surface area is 231 Å². The van der Waals surface area contributed by atoms with Crippen molar-refractivity contribution in [3.05, 3.63) is 0 Å². The zero-order valence-corrected chi connectivity index (χ0v) is 26.2. The van der Waals surface area contributed by atoms with Crippen LogP contribution in [-0.4, -0.2) is 0 Å². The molecule has 2 unspecified atom stereocenters. The van der Waals surface area contributed by atoms with Gasteiger partial charge in [0.05, 0.1) is 0 Å². The molecule has 1 rings (SSSR count). The number of hydrogen-bond acceptors (Lipinski definition) is 0. The molecule has 1 saturated carbocycles. The molecule has 0 aliphatic heterocycles. The van der Waals surface area contributed by atoms with Gasteiger partial charge >= 0.3 is 0 Å². The maximum Gasteiger partial charge on any atom is -0.0264 e. The summed E-state index contributed by atoms with van der Waals surface area (Å²) in [5.74, 6) is 2.15. The van der Waals surface area contributed by atoms with Crippen molar-refractivity contribution in [2.45, 2.75) is 214 Å². The van der Waals surface area contributed by atoms with Crippen molar-refractivity contribution in [1.29, 1.82) is 0 Å². The van der Waals surface area contributed by atoms with Crippen molar-refractivity contribution in [1.82, 2.24) is 0 Å². The maximum atomic E-state index is 2.35. The van der Waals surface area contributed by atoms with Crippen LogP contribution in [0.25, 0.3) is 0 Å². The van der Waals surface area contributed by atoms with Crippen LogP contribution in [0, 0.1) is 17.3 Å². The van der Waals surface area contributed by atoms with Gasteiger partial charge in [-0.1, -0.05) is 188 Å². The van der Waals surface area contributed by atoms with E-state index >= 15 is 0 Å². The fourth-order valence-corrected chi connectivity index (χ4v) is 7.55. The van der Waals surface area contributed by atoms with Gasteiger partial charge in [0.1, 0.15) is 0 Å². The van der Waals surface area contributed by atoms with E-state index in [0.717, 1.165) is 17.3 Å². The van der Waals surface area contributed by atoms with E-state index in [1.165, 1.54) is 154 Å². The second-order valence-electron chi connectivity index (χ2n) is 13.1. The molecule has 2 atom stereocenters. The van der Waals surface area contributed by atoms with Gasteiger partial charge in [-0.05, 0) is 42.9 Å². The lowest BCUT2D eigenvalue weighted by Crippen LogP contribution is -2.48. The second-order valence-corrected chi connectivity index (χ2v) is 13.1. The van der Waals surface area contributed by atoms with E-state index in [1.807, 2.05) is 0 Å². The van der Waals surface area contributed by atoms with Crippen LogP contribution in [0.4, 0.5) is 0 Å². The molecule has 0 aromatic heterocycles. The van der Waals surface area contributed by atoms with E-state index in [2.05, 4.69) is 27.7 Å². The molecule has 0 bridgehead atoms. The van der Waals surface area contributed by atoms with Gasteiger partial charge in [0.2, 0.25) is 0 Å². The standard InChI is InChI=1S/C36H72/c1-5-9-13-17-21-25-29-34-33-36(31-27-23-19-15-11-7-3,32-28-24-20-16-12-8-4)35(34)30-26-22-18-14-10-6-2/h34-35H,5-33H2,1-4H3. The monoisotopic (exact) mass is 505 g/mol. The summed E-state index contributed by atoms with van der Waals surface area (Å²) in [6, 6.07) is 0. The van der Waals surface area contributed by atoms with E-state index < -0.39 is 0 Å². The molecular formula is C36H72. The lowest BCUT2D eigenvalue weighted by molar-refractivity contribution is -0.0721. The van der Waals surface area contributed by atoms with Crippen molar-refractivity contribution in [3.8, 4) is 0 Å². The zero-order chi connectivity index (χ0) is 26.2. The van der Waals surface area contributed by atoms with Gasteiger partial charge in [-0.2, -0.15) is 0 Å². The van der Waals surface area contributed by atoms with E-state index in [0.29, 0.717) is 0 Å². The van der Waals surface area contributed by atoms with Crippen molar-refractivity contribution in [2.24, 2.45) is 17.3 Å². The molecule has 0 heteroatoms. The molecule has 0 amide bonds. The first-order chi connectivity index (χ1) is 17.7. The minimum atomic E-state index is 0.742. The fourth-order valence-electron chi connectivity index (χ4n) is 7.55. The van der Waals surface area contributed by atoms with Crippen LogP contribution in [0.1, 0.15) is 214 Å². The quantitative estimate of drug-likeness (QED) is 0.0929. The smallest absolute Gasteiger partial charge is 0.0264 e. The summed E-state index contributed by atoms with van der Waals surface area (Å²) in [6.07, 6.45) is 43.1. The van der Waals surface area contributed by atoms with Crippen molar-refractivity contribution >= 4 is 0 Å². The maximum absolute atomic E-state index is 2.35. The summed E-state index contributed by atoms with van der Waals surface area (Å²) in [7, 11) is 0. The highest BCUT2D eigenvalue weighted by Gasteiger charge is 2.50. The molecule has 36 heavy (non-hydrogen) atoms. The first kappa shape index (κ1) is 34.0. The Bertz CT molecular complexity index is 421. The minimum absolute atomic E-state index is 0.742. The number of hydrogen-bond donors (Lipinski definition) is 0. The van der Waals surface area contributed by atoms with Crippen LogP contribution in [0.5, 0.6) is 0 Å². The van der Waals surface area contributed by atoms with Crippen LogP contribution in [0.2, 0.25) is 0 Å². The van der Waals surface area contributed by atoms with Gasteiger partial charge in [0.15, 0.2) is 0 Å². The van der Waals surface area contributed by atoms with Gasteiger partial charge in [0, 0.05) is 0 Å². The predicted molar refractivity (Wildman–Crippen MR) is 166 cm³/mol. The summed E-state index contributed by atoms with van der Waals surface area (Å²) < 4.78 is 0. The normalized spacial score (nSPS) is 19.0. The Morgan fingerprint density at radius 3 is 1.14 bits per heavy atom. The third-order valence-corrected chi connectivity index (χ3v) is 9.88. The van der Waals surface area contributed by atoms with Crippen LogP contribution in [0.15, 0.2) is 0 Å². The highest BCUT2D eigenvalue weighted by Crippen LogP contribution is 2.60. The average molecular weight is 505 g/mol. The molecule has 0 radical (unpaired) electrons.